The van der Waals surface area contributed by atoms with Gasteiger partial charge in [0.05, 0.1) is 11.4 Å². The third-order valence-electron chi connectivity index (χ3n) is 3.05. The highest BCUT2D eigenvalue weighted by Gasteiger charge is 2.19. The molecule has 0 bridgehead atoms. The van der Waals surface area contributed by atoms with Crippen LogP contribution in [0.25, 0.3) is 11.3 Å². The summed E-state index contributed by atoms with van der Waals surface area (Å²) in [5, 5.41) is 7.97. The topological polar surface area (TPSA) is 42.7 Å². The molecule has 5 heteroatoms. The van der Waals surface area contributed by atoms with Crippen molar-refractivity contribution in [1.29, 1.82) is 0 Å². The number of nitrogens with zero attached hydrogens (tertiary/aromatic N) is 3. The van der Waals surface area contributed by atoms with Gasteiger partial charge in [0.1, 0.15) is 0 Å². The molecule has 0 unspecified atom stereocenters. The van der Waals surface area contributed by atoms with Crippen molar-refractivity contribution in [3.8, 4) is 11.3 Å². The summed E-state index contributed by atoms with van der Waals surface area (Å²) in [5.74, 6) is 0. The summed E-state index contributed by atoms with van der Waals surface area (Å²) in [6.45, 7) is 1.95. The van der Waals surface area contributed by atoms with Crippen LogP contribution in [0.4, 0.5) is 0 Å². The normalized spacial score (nSPS) is 13.9. The summed E-state index contributed by atoms with van der Waals surface area (Å²) in [5.41, 5.74) is 4.87. The Labute approximate surface area is 106 Å². The molecule has 4 nitrogen and oxygen atoms in total. The van der Waals surface area contributed by atoms with Gasteiger partial charge in [0.2, 0.25) is 0 Å². The van der Waals surface area contributed by atoms with Crippen LogP contribution in [0.5, 0.6) is 0 Å². The first-order valence-electron chi connectivity index (χ1n) is 5.52. The molecule has 0 radical (unpaired) electrons. The molecule has 3 heterocycles. The van der Waals surface area contributed by atoms with Gasteiger partial charge in [0.15, 0.2) is 0 Å². The summed E-state index contributed by atoms with van der Waals surface area (Å²) in [6.07, 6.45) is 4.72. The van der Waals surface area contributed by atoms with E-state index in [2.05, 4.69) is 21.5 Å². The van der Waals surface area contributed by atoms with Crippen molar-refractivity contribution in [3.63, 3.8) is 0 Å². The van der Waals surface area contributed by atoms with E-state index in [-0.39, 0.29) is 12.4 Å². The molecule has 2 aromatic heterocycles. The van der Waals surface area contributed by atoms with E-state index in [1.807, 2.05) is 24.0 Å². The van der Waals surface area contributed by atoms with Gasteiger partial charge in [-0.2, -0.15) is 5.10 Å². The average Bonchev–Trinajstić information content (AvgIpc) is 2.69. The van der Waals surface area contributed by atoms with Crippen LogP contribution in [-0.4, -0.2) is 21.3 Å². The number of halogens is 1. The van der Waals surface area contributed by atoms with E-state index in [4.69, 9.17) is 0 Å². The Balaban J connectivity index is 0.00000108. The smallest absolute Gasteiger partial charge is 0.0974 e. The van der Waals surface area contributed by atoms with Gasteiger partial charge in [-0.25, -0.2) is 0 Å². The van der Waals surface area contributed by atoms with Gasteiger partial charge in [-0.05, 0) is 25.1 Å². The van der Waals surface area contributed by atoms with E-state index in [1.54, 1.807) is 6.20 Å². The lowest BCUT2D eigenvalue weighted by Gasteiger charge is -2.14. The minimum atomic E-state index is 0. The zero-order valence-corrected chi connectivity index (χ0v) is 10.5. The number of rotatable bonds is 1. The van der Waals surface area contributed by atoms with Crippen LogP contribution in [0.15, 0.2) is 24.5 Å². The lowest BCUT2D eigenvalue weighted by atomic mass is 10.0. The average molecular weight is 251 g/mol. The number of hydrogen-bond acceptors (Lipinski definition) is 3. The summed E-state index contributed by atoms with van der Waals surface area (Å²) in [7, 11) is 2.01. The number of nitrogens with one attached hydrogen (secondary N) is 1. The molecule has 1 N–H and O–H groups in total. The molecule has 0 atom stereocenters. The van der Waals surface area contributed by atoms with Crippen LogP contribution in [0.3, 0.4) is 0 Å². The standard InChI is InChI=1S/C12H14N4.ClH/c1-16-11-8-14-6-4-10(11)12(15-16)9-3-2-5-13-7-9;/h2-3,5,7,14H,4,6,8H2,1H3;1H. The lowest BCUT2D eigenvalue weighted by molar-refractivity contribution is 0.593. The SMILES string of the molecule is Cl.Cn1nc(-c2cccnc2)c2c1CNCC2. The Morgan fingerprint density at radius 2 is 2.29 bits per heavy atom. The molecule has 0 aliphatic carbocycles. The molecule has 0 spiro atoms. The van der Waals surface area contributed by atoms with Crippen molar-refractivity contribution >= 4 is 12.4 Å². The van der Waals surface area contributed by atoms with Gasteiger partial charge in [-0.3, -0.25) is 9.67 Å². The lowest BCUT2D eigenvalue weighted by Crippen LogP contribution is -2.24. The van der Waals surface area contributed by atoms with Crippen molar-refractivity contribution in [2.45, 2.75) is 13.0 Å². The fourth-order valence-electron chi connectivity index (χ4n) is 2.24. The molecule has 1 aliphatic heterocycles. The van der Waals surface area contributed by atoms with Crippen LogP contribution >= 0.6 is 12.4 Å². The summed E-state index contributed by atoms with van der Waals surface area (Å²) in [4.78, 5) is 4.15. The van der Waals surface area contributed by atoms with Gasteiger partial charge < -0.3 is 5.32 Å². The van der Waals surface area contributed by atoms with Crippen LogP contribution < -0.4 is 5.32 Å². The van der Waals surface area contributed by atoms with E-state index in [0.29, 0.717) is 0 Å². The molecule has 0 fully saturated rings. The highest BCUT2D eigenvalue weighted by atomic mass is 35.5. The number of hydrogen-bond donors (Lipinski definition) is 1. The minimum Gasteiger partial charge on any atom is -0.311 e. The molecule has 90 valence electrons. The Bertz CT molecular complexity index is 507. The van der Waals surface area contributed by atoms with Gasteiger partial charge in [0, 0.05) is 37.1 Å². The first-order valence-corrected chi connectivity index (χ1v) is 5.52. The Hall–Kier alpha value is -1.39. The van der Waals surface area contributed by atoms with E-state index in [0.717, 1.165) is 30.8 Å². The summed E-state index contributed by atoms with van der Waals surface area (Å²) >= 11 is 0. The molecule has 0 aromatic carbocycles. The highest BCUT2D eigenvalue weighted by Crippen LogP contribution is 2.26. The number of pyridine rings is 1. The van der Waals surface area contributed by atoms with Gasteiger partial charge >= 0.3 is 0 Å². The predicted octanol–water partition coefficient (Wildman–Crippen LogP) is 1.55. The number of aromatic nitrogens is 3. The Morgan fingerprint density at radius 1 is 1.41 bits per heavy atom. The second kappa shape index (κ2) is 4.85. The van der Waals surface area contributed by atoms with E-state index in [9.17, 15) is 0 Å². The van der Waals surface area contributed by atoms with Crippen LogP contribution in [0, 0.1) is 0 Å². The second-order valence-corrected chi connectivity index (χ2v) is 4.07. The maximum Gasteiger partial charge on any atom is 0.0974 e. The van der Waals surface area contributed by atoms with E-state index >= 15 is 0 Å². The first-order chi connectivity index (χ1) is 7.86. The van der Waals surface area contributed by atoms with Crippen molar-refractivity contribution in [2.24, 2.45) is 7.05 Å². The van der Waals surface area contributed by atoms with Crippen LogP contribution in [0.2, 0.25) is 0 Å². The second-order valence-electron chi connectivity index (χ2n) is 4.07. The van der Waals surface area contributed by atoms with E-state index in [1.165, 1.54) is 11.3 Å². The largest absolute Gasteiger partial charge is 0.311 e. The zero-order chi connectivity index (χ0) is 11.0. The van der Waals surface area contributed by atoms with Gasteiger partial charge in [-0.15, -0.1) is 12.4 Å². The maximum atomic E-state index is 4.60. The third kappa shape index (κ3) is 2.06. The number of fused-ring (bicyclic) bond motifs is 1. The Kier molecular flexibility index (Phi) is 3.45. The minimum absolute atomic E-state index is 0. The molecule has 2 aromatic rings. The van der Waals surface area contributed by atoms with Crippen molar-refractivity contribution < 1.29 is 0 Å². The molecule has 17 heavy (non-hydrogen) atoms. The molecule has 0 saturated heterocycles. The molecule has 3 rings (SSSR count). The zero-order valence-electron chi connectivity index (χ0n) is 9.68. The third-order valence-corrected chi connectivity index (χ3v) is 3.05. The fraction of sp³-hybridized carbons (Fsp3) is 0.333. The van der Waals surface area contributed by atoms with Crippen molar-refractivity contribution in [2.75, 3.05) is 6.54 Å². The highest BCUT2D eigenvalue weighted by molar-refractivity contribution is 5.85. The quantitative estimate of drug-likeness (QED) is 0.835. The van der Waals surface area contributed by atoms with Crippen LogP contribution in [-0.2, 0) is 20.0 Å². The monoisotopic (exact) mass is 250 g/mol. The molecular weight excluding hydrogens is 236 g/mol. The summed E-state index contributed by atoms with van der Waals surface area (Å²) < 4.78 is 1.98. The Morgan fingerprint density at radius 3 is 3.06 bits per heavy atom. The summed E-state index contributed by atoms with van der Waals surface area (Å²) in [6, 6.07) is 4.02. The van der Waals surface area contributed by atoms with Gasteiger partial charge in [0.25, 0.3) is 0 Å². The van der Waals surface area contributed by atoms with E-state index < -0.39 is 0 Å². The van der Waals surface area contributed by atoms with Crippen molar-refractivity contribution in [3.05, 3.63) is 35.8 Å². The molecule has 0 saturated carbocycles. The predicted molar refractivity (Wildman–Crippen MR) is 69.1 cm³/mol. The molecule has 1 aliphatic rings. The first kappa shape index (κ1) is 12.1. The maximum absolute atomic E-state index is 4.60. The molecule has 0 amide bonds. The number of aryl methyl sites for hydroxylation is 1. The molecular formula is C12H15ClN4. The fourth-order valence-corrected chi connectivity index (χ4v) is 2.24. The van der Waals surface area contributed by atoms with Crippen molar-refractivity contribution in [1.82, 2.24) is 20.1 Å². The van der Waals surface area contributed by atoms with Gasteiger partial charge in [-0.1, -0.05) is 0 Å². The van der Waals surface area contributed by atoms with Crippen LogP contribution in [0.1, 0.15) is 11.3 Å².